The first-order valence-electron chi connectivity index (χ1n) is 5.86. The van der Waals surface area contributed by atoms with Crippen LogP contribution in [0.4, 0.5) is 11.4 Å². The Morgan fingerprint density at radius 1 is 1.26 bits per heavy atom. The molecule has 3 nitrogen and oxygen atoms in total. The van der Waals surface area contributed by atoms with Gasteiger partial charge < -0.3 is 10.6 Å². The van der Waals surface area contributed by atoms with Crippen LogP contribution in [0, 0.1) is 11.3 Å². The summed E-state index contributed by atoms with van der Waals surface area (Å²) in [5.41, 5.74) is 9.36. The second-order valence-electron chi connectivity index (χ2n) is 4.33. The number of hydrogen-bond donors (Lipinski definition) is 1. The number of rotatable bonds is 3. The first kappa shape index (κ1) is 13.4. The van der Waals surface area contributed by atoms with Crippen molar-refractivity contribution in [3.63, 3.8) is 0 Å². The molecule has 0 heterocycles. The number of nitriles is 1. The number of nitrogens with two attached hydrogens (primary N) is 1. The minimum Gasteiger partial charge on any atom is -0.398 e. The molecule has 96 valence electrons. The Labute approximate surface area is 121 Å². The number of halogens is 1. The predicted molar refractivity (Wildman–Crippen MR) is 81.8 cm³/mol. The van der Waals surface area contributed by atoms with Crippen molar-refractivity contribution in [2.24, 2.45) is 0 Å². The number of anilines is 2. The van der Waals surface area contributed by atoms with Gasteiger partial charge in [0, 0.05) is 23.8 Å². The Bertz CT molecular complexity index is 632. The Balaban J connectivity index is 2.26. The summed E-state index contributed by atoms with van der Waals surface area (Å²) in [6.45, 7) is 0.664. The van der Waals surface area contributed by atoms with E-state index < -0.39 is 0 Å². The van der Waals surface area contributed by atoms with E-state index in [0.717, 1.165) is 21.4 Å². The molecule has 2 N–H and O–H groups in total. The van der Waals surface area contributed by atoms with Crippen LogP contribution in [0.15, 0.2) is 46.9 Å². The lowest BCUT2D eigenvalue weighted by molar-refractivity contribution is 0.923. The van der Waals surface area contributed by atoms with Crippen molar-refractivity contribution in [1.29, 1.82) is 5.26 Å². The van der Waals surface area contributed by atoms with Crippen LogP contribution in [0.25, 0.3) is 0 Å². The van der Waals surface area contributed by atoms with E-state index in [2.05, 4.69) is 22.0 Å². The molecule has 0 bridgehead atoms. The van der Waals surface area contributed by atoms with Crippen LogP contribution in [-0.2, 0) is 6.54 Å². The smallest absolute Gasteiger partial charge is 0.101 e. The molecule has 0 radical (unpaired) electrons. The zero-order valence-electron chi connectivity index (χ0n) is 10.6. The highest BCUT2D eigenvalue weighted by atomic mass is 79.9. The molecule has 0 aliphatic carbocycles. The molecule has 19 heavy (non-hydrogen) atoms. The molecule has 0 aromatic heterocycles. The molecule has 4 heteroatoms. The highest BCUT2D eigenvalue weighted by Gasteiger charge is 2.08. The minimum absolute atomic E-state index is 0.664. The summed E-state index contributed by atoms with van der Waals surface area (Å²) >= 11 is 3.39. The molecule has 0 unspecified atom stereocenters. The van der Waals surface area contributed by atoms with Crippen LogP contribution in [0.2, 0.25) is 0 Å². The molecule has 0 aliphatic heterocycles. The van der Waals surface area contributed by atoms with Gasteiger partial charge in [-0.1, -0.05) is 34.1 Å². The second kappa shape index (κ2) is 5.77. The van der Waals surface area contributed by atoms with Gasteiger partial charge in [-0.2, -0.15) is 5.26 Å². The van der Waals surface area contributed by atoms with Gasteiger partial charge in [-0.15, -0.1) is 0 Å². The quantitative estimate of drug-likeness (QED) is 0.881. The maximum Gasteiger partial charge on any atom is 0.101 e. The fourth-order valence-electron chi connectivity index (χ4n) is 1.95. The Kier molecular flexibility index (Phi) is 4.08. The third-order valence-corrected chi connectivity index (χ3v) is 3.44. The van der Waals surface area contributed by atoms with E-state index in [1.807, 2.05) is 54.4 Å². The van der Waals surface area contributed by atoms with Crippen molar-refractivity contribution >= 4 is 27.3 Å². The highest BCUT2D eigenvalue weighted by molar-refractivity contribution is 9.10. The normalized spacial score (nSPS) is 9.95. The Morgan fingerprint density at radius 3 is 2.68 bits per heavy atom. The zero-order valence-corrected chi connectivity index (χ0v) is 12.2. The van der Waals surface area contributed by atoms with E-state index >= 15 is 0 Å². The topological polar surface area (TPSA) is 53.0 Å². The third kappa shape index (κ3) is 3.07. The third-order valence-electron chi connectivity index (χ3n) is 2.95. The van der Waals surface area contributed by atoms with Gasteiger partial charge in [0.2, 0.25) is 0 Å². The zero-order chi connectivity index (χ0) is 13.8. The molecule has 2 aromatic carbocycles. The fourth-order valence-corrected chi connectivity index (χ4v) is 2.33. The van der Waals surface area contributed by atoms with Crippen LogP contribution in [-0.4, -0.2) is 7.05 Å². The van der Waals surface area contributed by atoms with Crippen molar-refractivity contribution in [2.45, 2.75) is 6.54 Å². The van der Waals surface area contributed by atoms with E-state index in [1.165, 1.54) is 0 Å². The predicted octanol–water partition coefficient (Wildman–Crippen LogP) is 3.54. The molecule has 2 rings (SSSR count). The van der Waals surface area contributed by atoms with Crippen molar-refractivity contribution in [3.8, 4) is 6.07 Å². The highest BCUT2D eigenvalue weighted by Crippen LogP contribution is 2.24. The molecule has 2 aromatic rings. The molecule has 0 atom stereocenters. The molecule has 0 saturated heterocycles. The van der Waals surface area contributed by atoms with Crippen LogP contribution < -0.4 is 10.6 Å². The van der Waals surface area contributed by atoms with E-state index in [4.69, 9.17) is 11.0 Å². The van der Waals surface area contributed by atoms with Crippen molar-refractivity contribution < 1.29 is 0 Å². The molecule has 0 saturated carbocycles. The monoisotopic (exact) mass is 315 g/mol. The Morgan fingerprint density at radius 2 is 2.00 bits per heavy atom. The summed E-state index contributed by atoms with van der Waals surface area (Å²) in [5, 5.41) is 9.12. The van der Waals surface area contributed by atoms with Crippen molar-refractivity contribution in [1.82, 2.24) is 0 Å². The summed E-state index contributed by atoms with van der Waals surface area (Å²) in [4.78, 5) is 2.03. The van der Waals surface area contributed by atoms with E-state index in [0.29, 0.717) is 12.1 Å². The van der Waals surface area contributed by atoms with Crippen LogP contribution in [0.1, 0.15) is 11.1 Å². The van der Waals surface area contributed by atoms with Gasteiger partial charge in [-0.3, -0.25) is 0 Å². The lowest BCUT2D eigenvalue weighted by atomic mass is 10.1. The molecule has 0 amide bonds. The average Bonchev–Trinajstić information content (AvgIpc) is 2.41. The number of hydrogen-bond acceptors (Lipinski definition) is 3. The average molecular weight is 316 g/mol. The summed E-state index contributed by atoms with van der Waals surface area (Å²) in [6.07, 6.45) is 0. The summed E-state index contributed by atoms with van der Waals surface area (Å²) in [6, 6.07) is 15.6. The maximum absolute atomic E-state index is 9.12. The number of para-hydroxylation sites is 1. The second-order valence-corrected chi connectivity index (χ2v) is 5.24. The van der Waals surface area contributed by atoms with Crippen molar-refractivity contribution in [2.75, 3.05) is 17.7 Å². The van der Waals surface area contributed by atoms with E-state index in [9.17, 15) is 0 Å². The van der Waals surface area contributed by atoms with Gasteiger partial charge in [0.25, 0.3) is 0 Å². The SMILES string of the molecule is CN(Cc1ccc(Br)cc1N)c1ccccc1C#N. The number of benzene rings is 2. The standard InChI is InChI=1S/C15H14BrN3/c1-19(15-5-3-2-4-11(15)9-17)10-12-6-7-13(16)8-14(12)18/h2-8H,10,18H2,1H3. The fraction of sp³-hybridized carbons (Fsp3) is 0.133. The molecular formula is C15H14BrN3. The van der Waals surface area contributed by atoms with Crippen LogP contribution in [0.3, 0.4) is 0 Å². The number of nitrogens with zero attached hydrogens (tertiary/aromatic N) is 2. The Hall–Kier alpha value is -1.99. The molecular weight excluding hydrogens is 302 g/mol. The van der Waals surface area contributed by atoms with E-state index in [-0.39, 0.29) is 0 Å². The molecule has 0 fully saturated rings. The van der Waals surface area contributed by atoms with Crippen LogP contribution >= 0.6 is 15.9 Å². The van der Waals surface area contributed by atoms with Gasteiger partial charge in [-0.05, 0) is 29.8 Å². The van der Waals surface area contributed by atoms with Gasteiger partial charge in [-0.25, -0.2) is 0 Å². The van der Waals surface area contributed by atoms with E-state index in [1.54, 1.807) is 0 Å². The lowest BCUT2D eigenvalue weighted by Crippen LogP contribution is -2.18. The largest absolute Gasteiger partial charge is 0.398 e. The van der Waals surface area contributed by atoms with Gasteiger partial charge in [0.1, 0.15) is 6.07 Å². The molecule has 0 aliphatic rings. The van der Waals surface area contributed by atoms with Gasteiger partial charge in [0.05, 0.1) is 11.3 Å². The first-order valence-corrected chi connectivity index (χ1v) is 6.65. The molecule has 0 spiro atoms. The van der Waals surface area contributed by atoms with Gasteiger partial charge in [0.15, 0.2) is 0 Å². The summed E-state index contributed by atoms with van der Waals surface area (Å²) in [7, 11) is 1.96. The van der Waals surface area contributed by atoms with Crippen molar-refractivity contribution in [3.05, 3.63) is 58.1 Å². The number of nitrogen functional groups attached to an aromatic ring is 1. The maximum atomic E-state index is 9.12. The first-order chi connectivity index (χ1) is 9.11. The van der Waals surface area contributed by atoms with Gasteiger partial charge >= 0.3 is 0 Å². The summed E-state index contributed by atoms with van der Waals surface area (Å²) in [5.74, 6) is 0. The summed E-state index contributed by atoms with van der Waals surface area (Å²) < 4.78 is 0.967. The minimum atomic E-state index is 0.664. The lowest BCUT2D eigenvalue weighted by Gasteiger charge is -2.21. The van der Waals surface area contributed by atoms with Crippen LogP contribution in [0.5, 0.6) is 0 Å².